The monoisotopic (exact) mass is 426 g/mol. The van der Waals surface area contributed by atoms with Gasteiger partial charge < -0.3 is 15.1 Å². The number of carbonyl (C=O) groups excluding carboxylic acids is 1. The van der Waals surface area contributed by atoms with Crippen molar-refractivity contribution in [3.8, 4) is 0 Å². The number of pyridine rings is 1. The van der Waals surface area contributed by atoms with Crippen LogP contribution >= 0.6 is 11.6 Å². The Morgan fingerprint density at radius 1 is 1.13 bits per heavy atom. The number of nitrogens with zero attached hydrogens (tertiary/aromatic N) is 3. The van der Waals surface area contributed by atoms with Crippen LogP contribution < -0.4 is 10.2 Å². The van der Waals surface area contributed by atoms with Crippen LogP contribution in [0.25, 0.3) is 0 Å². The van der Waals surface area contributed by atoms with Crippen molar-refractivity contribution in [3.63, 3.8) is 0 Å². The minimum Gasteiger partial charge on any atom is -0.371 e. The van der Waals surface area contributed by atoms with Gasteiger partial charge in [0.05, 0.1) is 10.6 Å². The smallest absolute Gasteiger partial charge is 0.258 e. The second-order valence-corrected chi connectivity index (χ2v) is 9.09. The number of likely N-dealkylation sites (tertiary alicyclic amines) is 1. The molecule has 1 aliphatic carbocycles. The second kappa shape index (κ2) is 9.36. The van der Waals surface area contributed by atoms with E-state index >= 15 is 0 Å². The van der Waals surface area contributed by atoms with Gasteiger partial charge in [0.1, 0.15) is 5.82 Å². The minimum absolute atomic E-state index is 0.140. The molecule has 0 spiro atoms. The summed E-state index contributed by atoms with van der Waals surface area (Å²) < 4.78 is 0. The van der Waals surface area contributed by atoms with Gasteiger partial charge in [0.15, 0.2) is 0 Å². The van der Waals surface area contributed by atoms with E-state index in [9.17, 15) is 4.79 Å². The molecular formula is C24H31ClN4O. The molecule has 0 atom stereocenters. The Kier molecular flexibility index (Phi) is 6.59. The molecule has 160 valence electrons. The van der Waals surface area contributed by atoms with Crippen LogP contribution in [0.3, 0.4) is 0 Å². The summed E-state index contributed by atoms with van der Waals surface area (Å²) in [7, 11) is 2.12. The number of hydrogen-bond acceptors (Lipinski definition) is 4. The molecule has 1 N–H and O–H groups in total. The highest BCUT2D eigenvalue weighted by molar-refractivity contribution is 6.30. The summed E-state index contributed by atoms with van der Waals surface area (Å²) >= 11 is 5.91. The van der Waals surface area contributed by atoms with E-state index in [1.54, 1.807) is 18.3 Å². The SMILES string of the molecule is Cc1ccc(N(C)C2CCN(C3CCCC3)CC2)c(C(=O)Nc2ccc(Cl)cn2)c1. The van der Waals surface area contributed by atoms with Crippen LogP contribution in [-0.2, 0) is 0 Å². The van der Waals surface area contributed by atoms with Crippen molar-refractivity contribution in [1.29, 1.82) is 0 Å². The van der Waals surface area contributed by atoms with Crippen LogP contribution in [0.4, 0.5) is 11.5 Å². The molecule has 0 radical (unpaired) electrons. The third-order valence-corrected chi connectivity index (χ3v) is 6.86. The third-order valence-electron chi connectivity index (χ3n) is 6.63. The van der Waals surface area contributed by atoms with Gasteiger partial charge in [-0.1, -0.05) is 36.1 Å². The van der Waals surface area contributed by atoms with E-state index in [1.807, 2.05) is 13.0 Å². The molecule has 1 saturated carbocycles. The number of benzene rings is 1. The number of rotatable bonds is 5. The molecule has 1 aliphatic heterocycles. The van der Waals surface area contributed by atoms with Gasteiger partial charge in [0.25, 0.3) is 5.91 Å². The summed E-state index contributed by atoms with van der Waals surface area (Å²) in [6, 6.07) is 10.8. The molecule has 4 rings (SSSR count). The molecule has 0 bridgehead atoms. The summed E-state index contributed by atoms with van der Waals surface area (Å²) in [6.07, 6.45) is 9.31. The fraction of sp³-hybridized carbons (Fsp3) is 0.500. The van der Waals surface area contributed by atoms with Gasteiger partial charge in [-0.2, -0.15) is 0 Å². The van der Waals surface area contributed by atoms with Crippen LogP contribution in [0.1, 0.15) is 54.4 Å². The van der Waals surface area contributed by atoms with Gasteiger partial charge >= 0.3 is 0 Å². The highest BCUT2D eigenvalue weighted by atomic mass is 35.5. The Morgan fingerprint density at radius 3 is 2.53 bits per heavy atom. The zero-order valence-electron chi connectivity index (χ0n) is 17.9. The lowest BCUT2D eigenvalue weighted by Crippen LogP contribution is -2.46. The Bertz CT molecular complexity index is 871. The first-order valence-electron chi connectivity index (χ1n) is 11.0. The van der Waals surface area contributed by atoms with E-state index < -0.39 is 0 Å². The Labute approximate surface area is 184 Å². The number of amides is 1. The Balaban J connectivity index is 1.47. The molecule has 2 aliphatic rings. The van der Waals surface area contributed by atoms with Crippen LogP contribution in [-0.4, -0.2) is 48.0 Å². The molecule has 2 heterocycles. The van der Waals surface area contributed by atoms with Crippen molar-refractivity contribution in [2.45, 2.75) is 57.5 Å². The number of anilines is 2. The minimum atomic E-state index is -0.140. The third kappa shape index (κ3) is 4.79. The predicted molar refractivity (Wildman–Crippen MR) is 124 cm³/mol. The summed E-state index contributed by atoms with van der Waals surface area (Å²) in [5.74, 6) is 0.364. The van der Waals surface area contributed by atoms with Gasteiger partial charge in [-0.25, -0.2) is 4.98 Å². The number of aryl methyl sites for hydroxylation is 1. The molecule has 5 nitrogen and oxygen atoms in total. The Morgan fingerprint density at radius 2 is 1.87 bits per heavy atom. The molecule has 1 saturated heterocycles. The standard InChI is InChI=1S/C24H31ClN4O/c1-17-7-9-22(21(15-17)24(30)27-23-10-8-18(25)16-26-23)28(2)19-11-13-29(14-12-19)20-5-3-4-6-20/h7-10,15-16,19-20H,3-6,11-14H2,1-2H3,(H,26,27,30). The normalized spacial score (nSPS) is 18.5. The van der Waals surface area contributed by atoms with Crippen LogP contribution in [0.15, 0.2) is 36.5 Å². The maximum Gasteiger partial charge on any atom is 0.258 e. The highest BCUT2D eigenvalue weighted by Crippen LogP contribution is 2.30. The van der Waals surface area contributed by atoms with Gasteiger partial charge in [-0.05, 0) is 56.9 Å². The zero-order chi connectivity index (χ0) is 21.1. The van der Waals surface area contributed by atoms with Crippen molar-refractivity contribution in [2.75, 3.05) is 30.4 Å². The summed E-state index contributed by atoms with van der Waals surface area (Å²) in [6.45, 7) is 4.32. The lowest BCUT2D eigenvalue weighted by Gasteiger charge is -2.40. The number of aromatic nitrogens is 1. The summed E-state index contributed by atoms with van der Waals surface area (Å²) in [5.41, 5.74) is 2.73. The predicted octanol–water partition coefficient (Wildman–Crippen LogP) is 5.14. The fourth-order valence-corrected chi connectivity index (χ4v) is 4.99. The molecular weight excluding hydrogens is 396 g/mol. The van der Waals surface area contributed by atoms with E-state index in [4.69, 9.17) is 11.6 Å². The molecule has 2 aromatic rings. The van der Waals surface area contributed by atoms with E-state index in [0.29, 0.717) is 22.4 Å². The summed E-state index contributed by atoms with van der Waals surface area (Å²) in [5, 5.41) is 3.46. The fourth-order valence-electron chi connectivity index (χ4n) is 4.88. The number of piperidine rings is 1. The van der Waals surface area contributed by atoms with E-state index in [-0.39, 0.29) is 5.91 Å². The largest absolute Gasteiger partial charge is 0.371 e. The van der Waals surface area contributed by atoms with Crippen LogP contribution in [0, 0.1) is 6.92 Å². The van der Waals surface area contributed by atoms with Crippen molar-refractivity contribution in [3.05, 3.63) is 52.7 Å². The molecule has 0 unspecified atom stereocenters. The maximum atomic E-state index is 13.1. The van der Waals surface area contributed by atoms with E-state index in [0.717, 1.165) is 43.2 Å². The quantitative estimate of drug-likeness (QED) is 0.719. The second-order valence-electron chi connectivity index (χ2n) is 8.65. The van der Waals surface area contributed by atoms with Crippen LogP contribution in [0.2, 0.25) is 5.02 Å². The van der Waals surface area contributed by atoms with Gasteiger partial charge in [-0.3, -0.25) is 4.79 Å². The van der Waals surface area contributed by atoms with Crippen LogP contribution in [0.5, 0.6) is 0 Å². The molecule has 2 fully saturated rings. The van der Waals surface area contributed by atoms with Crippen molar-refractivity contribution in [1.82, 2.24) is 9.88 Å². The van der Waals surface area contributed by atoms with Gasteiger partial charge in [0, 0.05) is 44.1 Å². The average molecular weight is 427 g/mol. The zero-order valence-corrected chi connectivity index (χ0v) is 18.7. The van der Waals surface area contributed by atoms with Crippen molar-refractivity contribution < 1.29 is 4.79 Å². The van der Waals surface area contributed by atoms with Crippen molar-refractivity contribution in [2.24, 2.45) is 0 Å². The molecule has 6 heteroatoms. The van der Waals surface area contributed by atoms with Crippen molar-refractivity contribution >= 4 is 29.0 Å². The first-order chi connectivity index (χ1) is 14.5. The summed E-state index contributed by atoms with van der Waals surface area (Å²) in [4.78, 5) is 22.2. The maximum absolute atomic E-state index is 13.1. The number of halogens is 1. The Hall–Kier alpha value is -2.11. The number of nitrogens with one attached hydrogen (secondary N) is 1. The topological polar surface area (TPSA) is 48.5 Å². The lowest BCUT2D eigenvalue weighted by atomic mass is 9.99. The number of hydrogen-bond donors (Lipinski definition) is 1. The highest BCUT2D eigenvalue weighted by Gasteiger charge is 2.29. The van der Waals surface area contributed by atoms with Gasteiger partial charge in [0.2, 0.25) is 0 Å². The molecule has 1 aromatic heterocycles. The van der Waals surface area contributed by atoms with E-state index in [1.165, 1.54) is 25.7 Å². The molecule has 1 amide bonds. The first kappa shape index (κ1) is 21.1. The molecule has 1 aromatic carbocycles. The molecule has 30 heavy (non-hydrogen) atoms. The average Bonchev–Trinajstić information content (AvgIpc) is 3.30. The first-order valence-corrected chi connectivity index (χ1v) is 11.4. The number of carbonyl (C=O) groups is 1. The van der Waals surface area contributed by atoms with Gasteiger partial charge in [-0.15, -0.1) is 0 Å². The van der Waals surface area contributed by atoms with E-state index in [2.05, 4.69) is 39.3 Å². The lowest BCUT2D eigenvalue weighted by molar-refractivity contribution is 0.102.